The molecule has 1 aliphatic carbocycles. The fourth-order valence-corrected chi connectivity index (χ4v) is 4.97. The van der Waals surface area contributed by atoms with Gasteiger partial charge in [0.2, 0.25) is 10.0 Å². The molecule has 1 saturated carbocycles. The van der Waals surface area contributed by atoms with E-state index in [-0.39, 0.29) is 6.04 Å². The zero-order valence-electron chi connectivity index (χ0n) is 17.1. The molecule has 29 heavy (non-hydrogen) atoms. The topological polar surface area (TPSA) is 87.7 Å². The Bertz CT molecular complexity index is 1090. The second kappa shape index (κ2) is 7.54. The quantitative estimate of drug-likeness (QED) is 0.666. The minimum atomic E-state index is -3.31. The van der Waals surface area contributed by atoms with Crippen LogP contribution in [-0.2, 0) is 10.0 Å². The van der Waals surface area contributed by atoms with Gasteiger partial charge in [0.25, 0.3) is 0 Å². The van der Waals surface area contributed by atoms with Crippen LogP contribution in [0.4, 0.5) is 0 Å². The van der Waals surface area contributed by atoms with Crippen LogP contribution in [0.15, 0.2) is 42.9 Å². The van der Waals surface area contributed by atoms with Crippen LogP contribution in [0.1, 0.15) is 58.1 Å². The van der Waals surface area contributed by atoms with E-state index in [1.807, 2.05) is 30.6 Å². The minimum absolute atomic E-state index is 0.0191. The largest absolute Gasteiger partial charge is 0.357 e. The number of hydrogen-bond acceptors (Lipinski definition) is 4. The smallest absolute Gasteiger partial charge is 0.216 e. The molecule has 0 aromatic carbocycles. The van der Waals surface area contributed by atoms with E-state index in [1.165, 1.54) is 5.69 Å². The van der Waals surface area contributed by atoms with Gasteiger partial charge in [0, 0.05) is 35.1 Å². The highest BCUT2D eigenvalue weighted by atomic mass is 32.2. The molecule has 3 aromatic heterocycles. The van der Waals surface area contributed by atoms with Crippen molar-refractivity contribution in [3.05, 3.63) is 48.5 Å². The molecule has 0 bridgehead atoms. The molecule has 1 fully saturated rings. The standard InChI is InChI=1S/C22H28N4O2S/c1-22(2,3)29(27,28)26-16-9-7-15(8-10-16)20-12-17-18(13-23-14-21(17)25-20)19-6-4-5-11-24-19/h4-6,11-16,25-26H,7-10H2,1-3H3/t15-,16-. The van der Waals surface area contributed by atoms with Crippen molar-refractivity contribution in [1.29, 1.82) is 0 Å². The zero-order chi connectivity index (χ0) is 20.6. The molecule has 0 amide bonds. The van der Waals surface area contributed by atoms with Crippen molar-refractivity contribution in [3.8, 4) is 11.3 Å². The Hall–Kier alpha value is -2.25. The molecule has 154 valence electrons. The molecule has 3 heterocycles. The minimum Gasteiger partial charge on any atom is -0.357 e. The van der Waals surface area contributed by atoms with Crippen LogP contribution >= 0.6 is 0 Å². The number of nitrogens with zero attached hydrogens (tertiary/aromatic N) is 2. The maximum absolute atomic E-state index is 12.4. The van der Waals surface area contributed by atoms with E-state index in [1.54, 1.807) is 27.0 Å². The van der Waals surface area contributed by atoms with Gasteiger partial charge in [-0.25, -0.2) is 13.1 Å². The van der Waals surface area contributed by atoms with E-state index in [9.17, 15) is 8.42 Å². The van der Waals surface area contributed by atoms with Gasteiger partial charge in [0.05, 0.1) is 22.2 Å². The summed E-state index contributed by atoms with van der Waals surface area (Å²) >= 11 is 0. The van der Waals surface area contributed by atoms with Crippen LogP contribution in [0.25, 0.3) is 22.2 Å². The normalized spacial score (nSPS) is 20.8. The third-order valence-corrected chi connectivity index (χ3v) is 8.06. The van der Waals surface area contributed by atoms with E-state index < -0.39 is 14.8 Å². The molecule has 0 atom stereocenters. The number of nitrogens with one attached hydrogen (secondary N) is 2. The number of rotatable bonds is 4. The first-order valence-electron chi connectivity index (χ1n) is 10.1. The van der Waals surface area contributed by atoms with Gasteiger partial charge in [-0.1, -0.05) is 6.07 Å². The monoisotopic (exact) mass is 412 g/mol. The first kappa shape index (κ1) is 20.0. The Morgan fingerprint density at radius 3 is 2.52 bits per heavy atom. The number of aromatic nitrogens is 3. The van der Waals surface area contributed by atoms with Crippen molar-refractivity contribution in [1.82, 2.24) is 19.7 Å². The highest BCUT2D eigenvalue weighted by Gasteiger charge is 2.33. The molecule has 0 radical (unpaired) electrons. The number of hydrogen-bond donors (Lipinski definition) is 2. The summed E-state index contributed by atoms with van der Waals surface area (Å²) < 4.78 is 27.0. The molecule has 0 saturated heterocycles. The van der Waals surface area contributed by atoms with Crippen LogP contribution in [0.3, 0.4) is 0 Å². The summed E-state index contributed by atoms with van der Waals surface area (Å²) in [7, 11) is -3.31. The molecule has 0 spiro atoms. The van der Waals surface area contributed by atoms with Gasteiger partial charge < -0.3 is 4.98 Å². The van der Waals surface area contributed by atoms with Crippen LogP contribution in [0, 0.1) is 0 Å². The van der Waals surface area contributed by atoms with Crippen LogP contribution in [0.5, 0.6) is 0 Å². The zero-order valence-corrected chi connectivity index (χ0v) is 18.0. The summed E-state index contributed by atoms with van der Waals surface area (Å²) in [5.74, 6) is 0.398. The molecule has 4 rings (SSSR count). The number of pyridine rings is 2. The predicted molar refractivity (Wildman–Crippen MR) is 116 cm³/mol. The highest BCUT2D eigenvalue weighted by molar-refractivity contribution is 7.90. The van der Waals surface area contributed by atoms with Crippen molar-refractivity contribution >= 4 is 20.9 Å². The molecule has 1 aliphatic rings. The maximum Gasteiger partial charge on any atom is 0.216 e. The van der Waals surface area contributed by atoms with Gasteiger partial charge in [0.1, 0.15) is 0 Å². The Kier molecular flexibility index (Phi) is 5.21. The van der Waals surface area contributed by atoms with E-state index in [0.29, 0.717) is 5.92 Å². The van der Waals surface area contributed by atoms with Crippen molar-refractivity contribution in [2.75, 3.05) is 0 Å². The van der Waals surface area contributed by atoms with E-state index in [0.717, 1.165) is 47.8 Å². The molecule has 0 aliphatic heterocycles. The lowest BCUT2D eigenvalue weighted by atomic mass is 9.84. The second-order valence-electron chi connectivity index (χ2n) is 8.87. The van der Waals surface area contributed by atoms with E-state index >= 15 is 0 Å². The number of H-pyrrole nitrogens is 1. The fourth-order valence-electron chi connectivity index (χ4n) is 3.94. The predicted octanol–water partition coefficient (Wildman–Crippen LogP) is 4.37. The number of sulfonamides is 1. The molecular weight excluding hydrogens is 384 g/mol. The van der Waals surface area contributed by atoms with Gasteiger partial charge in [0.15, 0.2) is 0 Å². The SMILES string of the molecule is CC(C)(C)S(=O)(=O)N[C@H]1CC[C@H](c2cc3c(-c4ccccn4)cncc3[nH]2)CC1. The third kappa shape index (κ3) is 4.07. The first-order chi connectivity index (χ1) is 13.7. The van der Waals surface area contributed by atoms with E-state index in [2.05, 4.69) is 25.7 Å². The van der Waals surface area contributed by atoms with Gasteiger partial charge >= 0.3 is 0 Å². The Labute approximate surface area is 172 Å². The highest BCUT2D eigenvalue weighted by Crippen LogP contribution is 2.36. The van der Waals surface area contributed by atoms with Crippen LogP contribution < -0.4 is 4.72 Å². The summed E-state index contributed by atoms with van der Waals surface area (Å²) in [4.78, 5) is 12.4. The van der Waals surface area contributed by atoms with Gasteiger partial charge in [-0.05, 0) is 70.6 Å². The average Bonchev–Trinajstić information content (AvgIpc) is 3.12. The fraction of sp³-hybridized carbons (Fsp3) is 0.455. The van der Waals surface area contributed by atoms with Gasteiger partial charge in [-0.2, -0.15) is 0 Å². The van der Waals surface area contributed by atoms with Crippen LogP contribution in [0.2, 0.25) is 0 Å². The third-order valence-electron chi connectivity index (χ3n) is 5.80. The maximum atomic E-state index is 12.4. The first-order valence-corrected chi connectivity index (χ1v) is 11.6. The Morgan fingerprint density at radius 1 is 1.10 bits per heavy atom. The lowest BCUT2D eigenvalue weighted by Gasteiger charge is -2.31. The van der Waals surface area contributed by atoms with Gasteiger partial charge in [-0.3, -0.25) is 9.97 Å². The molecule has 0 unspecified atom stereocenters. The summed E-state index contributed by atoms with van der Waals surface area (Å²) in [6, 6.07) is 8.12. The Morgan fingerprint density at radius 2 is 1.86 bits per heavy atom. The molecule has 3 aromatic rings. The molecular formula is C22H28N4O2S. The van der Waals surface area contributed by atoms with Crippen molar-refractivity contribution < 1.29 is 8.42 Å². The molecule has 2 N–H and O–H groups in total. The second-order valence-corrected chi connectivity index (χ2v) is 11.3. The van der Waals surface area contributed by atoms with Crippen molar-refractivity contribution in [2.45, 2.75) is 63.2 Å². The summed E-state index contributed by atoms with van der Waals surface area (Å²) in [6.07, 6.45) is 9.12. The Balaban J connectivity index is 1.51. The number of fused-ring (bicyclic) bond motifs is 1. The lowest BCUT2D eigenvalue weighted by molar-refractivity contribution is 0.368. The van der Waals surface area contributed by atoms with E-state index in [4.69, 9.17) is 0 Å². The molecule has 6 nitrogen and oxygen atoms in total. The van der Waals surface area contributed by atoms with Gasteiger partial charge in [-0.15, -0.1) is 0 Å². The van der Waals surface area contributed by atoms with Crippen molar-refractivity contribution in [2.24, 2.45) is 0 Å². The van der Waals surface area contributed by atoms with Crippen LogP contribution in [-0.4, -0.2) is 34.2 Å². The summed E-state index contributed by atoms with van der Waals surface area (Å²) in [5, 5.41) is 1.13. The lowest BCUT2D eigenvalue weighted by Crippen LogP contribution is -2.45. The average molecular weight is 413 g/mol. The summed E-state index contributed by atoms with van der Waals surface area (Å²) in [5.41, 5.74) is 4.15. The molecule has 7 heteroatoms. The number of aromatic amines is 1. The van der Waals surface area contributed by atoms with Crippen molar-refractivity contribution in [3.63, 3.8) is 0 Å². The summed E-state index contributed by atoms with van der Waals surface area (Å²) in [6.45, 7) is 5.20.